The number of ether oxygens (including phenoxy) is 1. The maximum atomic E-state index is 11.8. The number of morpholine rings is 1. The number of halogens is 1. The zero-order valence-corrected chi connectivity index (χ0v) is 13.1. The van der Waals surface area contributed by atoms with E-state index in [1.54, 1.807) is 6.92 Å². The predicted octanol–water partition coefficient (Wildman–Crippen LogP) is 2.16. The number of carbonyl (C=O) groups excluding carboxylic acids is 1. The molecule has 2 aliphatic heterocycles. The number of fused-ring (bicyclic) bond motifs is 1. The summed E-state index contributed by atoms with van der Waals surface area (Å²) >= 11 is 6.24. The van der Waals surface area contributed by atoms with Crippen LogP contribution < -0.4 is 0 Å². The highest BCUT2D eigenvalue weighted by molar-refractivity contribution is 6.31. The number of amides is 1. The van der Waals surface area contributed by atoms with Crippen LogP contribution in [0.4, 0.5) is 0 Å². The molecule has 21 heavy (non-hydrogen) atoms. The summed E-state index contributed by atoms with van der Waals surface area (Å²) in [6.07, 6.45) is 1.16. The number of hydrogen-bond acceptors (Lipinski definition) is 3. The molecule has 4 nitrogen and oxygen atoms in total. The molecule has 2 heterocycles. The van der Waals surface area contributed by atoms with Gasteiger partial charge in [-0.2, -0.15) is 0 Å². The van der Waals surface area contributed by atoms with Crippen molar-refractivity contribution in [2.75, 3.05) is 26.2 Å². The van der Waals surface area contributed by atoms with Gasteiger partial charge in [-0.1, -0.05) is 29.8 Å². The standard InChI is InChI=1S/C16H21ClN2O2/c1-12(20)19-8-9-21-16-6-7-18(11-15(16)19)10-13-4-2-3-5-14(13)17/h2-5,15-16H,6-11H2,1H3/t15-,16-/m0/s1. The first-order chi connectivity index (χ1) is 10.1. The Kier molecular flexibility index (Phi) is 4.48. The number of rotatable bonds is 2. The lowest BCUT2D eigenvalue weighted by Gasteiger charge is -2.46. The summed E-state index contributed by atoms with van der Waals surface area (Å²) in [6.45, 7) is 5.68. The highest BCUT2D eigenvalue weighted by Crippen LogP contribution is 2.25. The summed E-state index contributed by atoms with van der Waals surface area (Å²) in [7, 11) is 0. The van der Waals surface area contributed by atoms with Crippen molar-refractivity contribution in [3.63, 3.8) is 0 Å². The van der Waals surface area contributed by atoms with E-state index in [0.29, 0.717) is 13.2 Å². The predicted molar refractivity (Wildman–Crippen MR) is 82.3 cm³/mol. The molecule has 2 atom stereocenters. The number of likely N-dealkylation sites (tertiary alicyclic amines) is 1. The van der Waals surface area contributed by atoms with Gasteiger partial charge in [0.05, 0.1) is 18.8 Å². The van der Waals surface area contributed by atoms with Crippen LogP contribution in [0.15, 0.2) is 24.3 Å². The molecule has 5 heteroatoms. The lowest BCUT2D eigenvalue weighted by atomic mass is 9.98. The van der Waals surface area contributed by atoms with E-state index in [1.807, 2.05) is 23.1 Å². The molecule has 0 radical (unpaired) electrons. The van der Waals surface area contributed by atoms with E-state index >= 15 is 0 Å². The molecule has 1 aromatic rings. The Labute approximate surface area is 130 Å². The molecule has 114 valence electrons. The maximum absolute atomic E-state index is 11.8. The van der Waals surface area contributed by atoms with Gasteiger partial charge in [-0.25, -0.2) is 0 Å². The van der Waals surface area contributed by atoms with E-state index in [4.69, 9.17) is 16.3 Å². The number of hydrogen-bond donors (Lipinski definition) is 0. The minimum absolute atomic E-state index is 0.146. The molecule has 0 bridgehead atoms. The second-order valence-electron chi connectivity index (χ2n) is 5.80. The van der Waals surface area contributed by atoms with E-state index in [0.717, 1.165) is 36.6 Å². The number of benzene rings is 1. The van der Waals surface area contributed by atoms with E-state index < -0.39 is 0 Å². The highest BCUT2D eigenvalue weighted by atomic mass is 35.5. The van der Waals surface area contributed by atoms with Crippen LogP contribution in [0.1, 0.15) is 18.9 Å². The van der Waals surface area contributed by atoms with Gasteiger partial charge in [-0.05, 0) is 18.1 Å². The van der Waals surface area contributed by atoms with E-state index in [9.17, 15) is 4.79 Å². The Bertz CT molecular complexity index is 523. The Balaban J connectivity index is 1.69. The van der Waals surface area contributed by atoms with Crippen molar-refractivity contribution in [3.8, 4) is 0 Å². The average molecular weight is 309 g/mol. The quantitative estimate of drug-likeness (QED) is 0.839. The van der Waals surface area contributed by atoms with Gasteiger partial charge in [0.2, 0.25) is 5.91 Å². The fourth-order valence-corrected chi connectivity index (χ4v) is 3.54. The molecule has 0 N–H and O–H groups in total. The number of nitrogens with zero attached hydrogens (tertiary/aromatic N) is 2. The maximum Gasteiger partial charge on any atom is 0.219 e. The van der Waals surface area contributed by atoms with Crippen molar-refractivity contribution in [1.29, 1.82) is 0 Å². The third-order valence-electron chi connectivity index (χ3n) is 4.42. The second kappa shape index (κ2) is 6.34. The summed E-state index contributed by atoms with van der Waals surface area (Å²) in [6, 6.07) is 8.13. The Hall–Kier alpha value is -1.10. The monoisotopic (exact) mass is 308 g/mol. The largest absolute Gasteiger partial charge is 0.374 e. The summed E-state index contributed by atoms with van der Waals surface area (Å²) in [5.41, 5.74) is 1.14. The third-order valence-corrected chi connectivity index (χ3v) is 4.79. The molecular weight excluding hydrogens is 288 g/mol. The van der Waals surface area contributed by atoms with Crippen LogP contribution in [0.25, 0.3) is 0 Å². The van der Waals surface area contributed by atoms with E-state index in [-0.39, 0.29) is 18.1 Å². The lowest BCUT2D eigenvalue weighted by Crippen LogP contribution is -2.60. The summed E-state index contributed by atoms with van der Waals surface area (Å²) in [5.74, 6) is 0.146. The van der Waals surface area contributed by atoms with Gasteiger partial charge in [0.25, 0.3) is 0 Å². The second-order valence-corrected chi connectivity index (χ2v) is 6.21. The van der Waals surface area contributed by atoms with Crippen LogP contribution in [-0.2, 0) is 16.1 Å². The number of carbonyl (C=O) groups is 1. The molecule has 2 fully saturated rings. The average Bonchev–Trinajstić information content (AvgIpc) is 2.49. The molecule has 0 unspecified atom stereocenters. The topological polar surface area (TPSA) is 32.8 Å². The molecule has 2 saturated heterocycles. The zero-order chi connectivity index (χ0) is 14.8. The fourth-order valence-electron chi connectivity index (χ4n) is 3.34. The van der Waals surface area contributed by atoms with Crippen LogP contribution in [0, 0.1) is 0 Å². The van der Waals surface area contributed by atoms with Crippen molar-refractivity contribution in [2.24, 2.45) is 0 Å². The molecule has 1 amide bonds. The molecule has 1 aromatic carbocycles. The van der Waals surface area contributed by atoms with Crippen LogP contribution in [-0.4, -0.2) is 54.1 Å². The first-order valence-corrected chi connectivity index (χ1v) is 7.87. The smallest absolute Gasteiger partial charge is 0.219 e. The van der Waals surface area contributed by atoms with Crippen LogP contribution >= 0.6 is 11.6 Å². The SMILES string of the molecule is CC(=O)N1CCO[C@H]2CCN(Cc3ccccc3Cl)C[C@@H]21. The third kappa shape index (κ3) is 3.23. The van der Waals surface area contributed by atoms with Crippen LogP contribution in [0.5, 0.6) is 0 Å². The molecule has 2 aliphatic rings. The molecule has 0 aromatic heterocycles. The minimum atomic E-state index is 0.146. The summed E-state index contributed by atoms with van der Waals surface area (Å²) < 4.78 is 5.84. The van der Waals surface area contributed by atoms with Crippen LogP contribution in [0.2, 0.25) is 5.02 Å². The minimum Gasteiger partial charge on any atom is -0.374 e. The normalized spacial score (nSPS) is 26.5. The first-order valence-electron chi connectivity index (χ1n) is 7.49. The molecule has 0 saturated carbocycles. The highest BCUT2D eigenvalue weighted by Gasteiger charge is 2.38. The van der Waals surface area contributed by atoms with E-state index in [2.05, 4.69) is 11.0 Å². The van der Waals surface area contributed by atoms with Gasteiger partial charge in [-0.3, -0.25) is 9.69 Å². The summed E-state index contributed by atoms with van der Waals surface area (Å²) in [5, 5.41) is 0.808. The molecular formula is C16H21ClN2O2. The fraction of sp³-hybridized carbons (Fsp3) is 0.562. The van der Waals surface area contributed by atoms with Crippen molar-refractivity contribution in [1.82, 2.24) is 9.80 Å². The zero-order valence-electron chi connectivity index (χ0n) is 12.3. The van der Waals surface area contributed by atoms with E-state index in [1.165, 1.54) is 0 Å². The van der Waals surface area contributed by atoms with Gasteiger partial charge in [0.1, 0.15) is 0 Å². The van der Waals surface area contributed by atoms with Crippen molar-refractivity contribution < 1.29 is 9.53 Å². The van der Waals surface area contributed by atoms with Gasteiger partial charge in [0.15, 0.2) is 0 Å². The Morgan fingerprint density at radius 2 is 2.19 bits per heavy atom. The Morgan fingerprint density at radius 1 is 1.38 bits per heavy atom. The van der Waals surface area contributed by atoms with Crippen LogP contribution in [0.3, 0.4) is 0 Å². The van der Waals surface area contributed by atoms with Crippen molar-refractivity contribution in [2.45, 2.75) is 32.0 Å². The van der Waals surface area contributed by atoms with Gasteiger partial charge in [0, 0.05) is 38.1 Å². The van der Waals surface area contributed by atoms with Crippen molar-refractivity contribution >= 4 is 17.5 Å². The van der Waals surface area contributed by atoms with Crippen molar-refractivity contribution in [3.05, 3.63) is 34.9 Å². The molecule has 0 aliphatic carbocycles. The van der Waals surface area contributed by atoms with Gasteiger partial charge < -0.3 is 9.64 Å². The number of piperidine rings is 1. The lowest BCUT2D eigenvalue weighted by molar-refractivity contribution is -0.150. The molecule has 0 spiro atoms. The first kappa shape index (κ1) is 14.8. The molecule has 3 rings (SSSR count). The Morgan fingerprint density at radius 3 is 2.95 bits per heavy atom. The summed E-state index contributed by atoms with van der Waals surface area (Å²) in [4.78, 5) is 16.1. The van der Waals surface area contributed by atoms with Gasteiger partial charge in [-0.15, -0.1) is 0 Å². The van der Waals surface area contributed by atoms with Gasteiger partial charge >= 0.3 is 0 Å².